The highest BCUT2D eigenvalue weighted by Gasteiger charge is 2.22. The Morgan fingerprint density at radius 2 is 2.12 bits per heavy atom. The summed E-state index contributed by atoms with van der Waals surface area (Å²) in [6.45, 7) is 0.953. The maximum absolute atomic E-state index is 11.4. The number of carbonyl (C=O) groups is 1. The molecule has 0 radical (unpaired) electrons. The summed E-state index contributed by atoms with van der Waals surface area (Å²) in [5.74, 6) is 0.334. The predicted molar refractivity (Wildman–Crippen MR) is 119 cm³/mol. The molecule has 4 rings (SSSR count). The minimum absolute atomic E-state index is 0.0832. The number of hydrogen-bond donors (Lipinski definition) is 2. The fourth-order valence-corrected chi connectivity index (χ4v) is 4.03. The second-order valence-corrected chi connectivity index (χ2v) is 8.15. The number of hydrogen-bond acceptors (Lipinski definition) is 8. The molecule has 3 aromatic rings. The molecule has 0 spiro atoms. The highest BCUT2D eigenvalue weighted by molar-refractivity contribution is 5.68. The maximum Gasteiger partial charge on any atom is 0.303 e. The van der Waals surface area contributed by atoms with E-state index in [1.165, 1.54) is 17.7 Å². The standard InChI is InChI=1S/C23H25N5O5/c29-22(30)14-17(16-4-1-7-19(12-16)28(31)32)13-21-26-20(27-33-21)8-2-6-18-10-9-15-5-3-11-24-23(15)25-18/h1,4,7,9-10,12,17H,2-3,5-6,8,11,13-14H2,(H,24,25)(H,29,30). The van der Waals surface area contributed by atoms with E-state index in [0.29, 0.717) is 23.7 Å². The predicted octanol–water partition coefficient (Wildman–Crippen LogP) is 3.71. The van der Waals surface area contributed by atoms with Crippen LogP contribution in [-0.2, 0) is 30.5 Å². The number of non-ortho nitro benzene ring substituents is 1. The van der Waals surface area contributed by atoms with Gasteiger partial charge in [0.2, 0.25) is 5.89 Å². The molecule has 33 heavy (non-hydrogen) atoms. The largest absolute Gasteiger partial charge is 0.481 e. The molecule has 3 heterocycles. The average molecular weight is 451 g/mol. The first-order chi connectivity index (χ1) is 16.0. The molecule has 2 aromatic heterocycles. The van der Waals surface area contributed by atoms with Crippen LogP contribution < -0.4 is 5.32 Å². The van der Waals surface area contributed by atoms with Crippen molar-refractivity contribution in [2.75, 3.05) is 11.9 Å². The summed E-state index contributed by atoms with van der Waals surface area (Å²) >= 11 is 0. The lowest BCUT2D eigenvalue weighted by Gasteiger charge is -2.17. The summed E-state index contributed by atoms with van der Waals surface area (Å²) in [5, 5.41) is 27.7. The molecular weight excluding hydrogens is 426 g/mol. The Kier molecular flexibility index (Phi) is 6.92. The number of nitrogens with one attached hydrogen (secondary N) is 1. The minimum Gasteiger partial charge on any atom is -0.481 e. The highest BCUT2D eigenvalue weighted by atomic mass is 16.6. The van der Waals surface area contributed by atoms with Gasteiger partial charge in [-0.25, -0.2) is 4.98 Å². The number of benzene rings is 1. The number of carboxylic acid groups (broad SMARTS) is 1. The van der Waals surface area contributed by atoms with Gasteiger partial charge in [-0.3, -0.25) is 14.9 Å². The zero-order chi connectivity index (χ0) is 23.2. The molecule has 0 aliphatic carbocycles. The number of aryl methyl sites for hydroxylation is 3. The van der Waals surface area contributed by atoms with Gasteiger partial charge >= 0.3 is 5.97 Å². The Morgan fingerprint density at radius 1 is 1.24 bits per heavy atom. The van der Waals surface area contributed by atoms with Crippen LogP contribution in [-0.4, -0.2) is 37.7 Å². The normalized spacial score (nSPS) is 13.7. The minimum atomic E-state index is -1.00. The van der Waals surface area contributed by atoms with Crippen LogP contribution in [0, 0.1) is 10.1 Å². The number of rotatable bonds is 10. The molecule has 0 bridgehead atoms. The Bertz CT molecular complexity index is 1150. The molecule has 1 aromatic carbocycles. The Labute approximate surface area is 190 Å². The lowest BCUT2D eigenvalue weighted by Crippen LogP contribution is -2.14. The molecule has 1 atom stereocenters. The monoisotopic (exact) mass is 451 g/mol. The van der Waals surface area contributed by atoms with E-state index in [2.05, 4.69) is 27.6 Å². The Hall–Kier alpha value is -3.82. The van der Waals surface area contributed by atoms with Crippen molar-refractivity contribution in [1.82, 2.24) is 15.1 Å². The summed E-state index contributed by atoms with van der Waals surface area (Å²) in [4.78, 5) is 31.0. The number of nitrogens with zero attached hydrogens (tertiary/aromatic N) is 4. The third-order valence-electron chi connectivity index (χ3n) is 5.69. The fraction of sp³-hybridized carbons (Fsp3) is 0.391. The number of carboxylic acids is 1. The van der Waals surface area contributed by atoms with E-state index >= 15 is 0 Å². The van der Waals surface area contributed by atoms with Crippen molar-refractivity contribution in [1.29, 1.82) is 0 Å². The van der Waals surface area contributed by atoms with Crippen molar-refractivity contribution in [3.05, 3.63) is 75.0 Å². The average Bonchev–Trinajstić information content (AvgIpc) is 3.25. The van der Waals surface area contributed by atoms with Gasteiger partial charge in [0.15, 0.2) is 5.82 Å². The smallest absolute Gasteiger partial charge is 0.303 e. The summed E-state index contributed by atoms with van der Waals surface area (Å²) in [7, 11) is 0. The summed E-state index contributed by atoms with van der Waals surface area (Å²) in [6, 6.07) is 10.2. The van der Waals surface area contributed by atoms with Crippen molar-refractivity contribution >= 4 is 17.5 Å². The van der Waals surface area contributed by atoms with Crippen molar-refractivity contribution in [2.24, 2.45) is 0 Å². The van der Waals surface area contributed by atoms with Gasteiger partial charge in [0.05, 0.1) is 11.3 Å². The van der Waals surface area contributed by atoms with Crippen molar-refractivity contribution in [3.63, 3.8) is 0 Å². The first-order valence-electron chi connectivity index (χ1n) is 11.0. The molecule has 10 heteroatoms. The second kappa shape index (κ2) is 10.2. The van der Waals surface area contributed by atoms with E-state index in [1.54, 1.807) is 12.1 Å². The van der Waals surface area contributed by atoms with Crippen molar-refractivity contribution in [2.45, 2.75) is 50.9 Å². The van der Waals surface area contributed by atoms with Crippen molar-refractivity contribution in [3.8, 4) is 0 Å². The molecule has 172 valence electrons. The SMILES string of the molecule is O=C(O)CC(Cc1nc(CCCc2ccc3c(n2)NCCC3)no1)c1cccc([N+](=O)[O-])c1. The van der Waals surface area contributed by atoms with E-state index in [4.69, 9.17) is 9.51 Å². The summed E-state index contributed by atoms with van der Waals surface area (Å²) < 4.78 is 5.34. The highest BCUT2D eigenvalue weighted by Crippen LogP contribution is 2.27. The first kappa shape index (κ1) is 22.4. The number of aliphatic carboxylic acids is 1. The van der Waals surface area contributed by atoms with E-state index in [1.807, 2.05) is 0 Å². The fourth-order valence-electron chi connectivity index (χ4n) is 4.03. The van der Waals surface area contributed by atoms with Gasteiger partial charge < -0.3 is 14.9 Å². The molecule has 2 N–H and O–H groups in total. The number of nitro benzene ring substituents is 1. The van der Waals surface area contributed by atoms with Gasteiger partial charge in [-0.1, -0.05) is 23.4 Å². The number of pyridine rings is 1. The van der Waals surface area contributed by atoms with Gasteiger partial charge in [0, 0.05) is 43.1 Å². The van der Waals surface area contributed by atoms with Gasteiger partial charge in [0.25, 0.3) is 5.69 Å². The summed E-state index contributed by atoms with van der Waals surface area (Å²) in [5.41, 5.74) is 2.74. The third kappa shape index (κ3) is 5.91. The maximum atomic E-state index is 11.4. The van der Waals surface area contributed by atoms with Crippen molar-refractivity contribution < 1.29 is 19.3 Å². The van der Waals surface area contributed by atoms with E-state index in [9.17, 15) is 20.0 Å². The molecule has 0 saturated heterocycles. The van der Waals surface area contributed by atoms with E-state index in [-0.39, 0.29) is 18.5 Å². The van der Waals surface area contributed by atoms with Crippen LogP contribution in [0.1, 0.15) is 53.7 Å². The first-order valence-corrected chi connectivity index (χ1v) is 11.0. The molecule has 1 aliphatic heterocycles. The van der Waals surface area contributed by atoms with Crippen LogP contribution in [0.4, 0.5) is 11.5 Å². The summed E-state index contributed by atoms with van der Waals surface area (Å²) in [6.07, 6.45) is 4.37. The topological polar surface area (TPSA) is 144 Å². The van der Waals surface area contributed by atoms with Crippen LogP contribution in [0.2, 0.25) is 0 Å². The number of fused-ring (bicyclic) bond motifs is 1. The van der Waals surface area contributed by atoms with Crippen LogP contribution in [0.25, 0.3) is 0 Å². The van der Waals surface area contributed by atoms with Gasteiger partial charge in [0.1, 0.15) is 5.82 Å². The van der Waals surface area contributed by atoms with Crippen LogP contribution in [0.5, 0.6) is 0 Å². The quantitative estimate of drug-likeness (QED) is 0.348. The Morgan fingerprint density at radius 3 is 2.94 bits per heavy atom. The van der Waals surface area contributed by atoms with Gasteiger partial charge in [-0.05, 0) is 42.9 Å². The number of aromatic nitrogens is 3. The molecule has 0 amide bonds. The zero-order valence-electron chi connectivity index (χ0n) is 18.1. The molecular formula is C23H25N5O5. The van der Waals surface area contributed by atoms with E-state index < -0.39 is 16.8 Å². The zero-order valence-corrected chi connectivity index (χ0v) is 18.1. The Balaban J connectivity index is 1.36. The van der Waals surface area contributed by atoms with Gasteiger partial charge in [-0.2, -0.15) is 4.98 Å². The number of anilines is 1. The second-order valence-electron chi connectivity index (χ2n) is 8.15. The molecule has 10 nitrogen and oxygen atoms in total. The molecule has 0 saturated carbocycles. The van der Waals surface area contributed by atoms with E-state index in [0.717, 1.165) is 43.7 Å². The van der Waals surface area contributed by atoms with Gasteiger partial charge in [-0.15, -0.1) is 0 Å². The number of nitro groups is 1. The lowest BCUT2D eigenvalue weighted by atomic mass is 9.92. The molecule has 1 aliphatic rings. The van der Waals surface area contributed by atoms with Crippen LogP contribution in [0.15, 0.2) is 40.9 Å². The molecule has 0 fully saturated rings. The lowest BCUT2D eigenvalue weighted by molar-refractivity contribution is -0.384. The van der Waals surface area contributed by atoms with Crippen LogP contribution in [0.3, 0.4) is 0 Å². The molecule has 1 unspecified atom stereocenters. The third-order valence-corrected chi connectivity index (χ3v) is 5.69. The van der Waals surface area contributed by atoms with Crippen LogP contribution >= 0.6 is 0 Å².